The van der Waals surface area contributed by atoms with Crippen molar-refractivity contribution in [1.29, 1.82) is 0 Å². The molecule has 0 radical (unpaired) electrons. The lowest BCUT2D eigenvalue weighted by atomic mass is 9.94. The second-order valence-electron chi connectivity index (χ2n) is 12.4. The van der Waals surface area contributed by atoms with Crippen molar-refractivity contribution in [3.63, 3.8) is 0 Å². The Kier molecular flexibility index (Phi) is 6.15. The molecule has 0 atom stereocenters. The minimum atomic E-state index is 0.602. The van der Waals surface area contributed by atoms with Crippen LogP contribution in [0.3, 0.4) is 0 Å². The summed E-state index contributed by atoms with van der Waals surface area (Å²) in [4.78, 5) is 15.6. The fourth-order valence-corrected chi connectivity index (χ4v) is 7.21. The van der Waals surface area contributed by atoms with E-state index in [2.05, 4.69) is 109 Å². The molecule has 49 heavy (non-hydrogen) atoms. The van der Waals surface area contributed by atoms with E-state index in [0.717, 1.165) is 55.1 Å². The van der Waals surface area contributed by atoms with E-state index < -0.39 is 0 Å². The smallest absolute Gasteiger partial charge is 0.165 e. The van der Waals surface area contributed by atoms with Gasteiger partial charge in [-0.05, 0) is 67.7 Å². The summed E-state index contributed by atoms with van der Waals surface area (Å²) >= 11 is 0. The summed E-state index contributed by atoms with van der Waals surface area (Å²) in [5.74, 6) is 1.84. The molecule has 0 saturated heterocycles. The van der Waals surface area contributed by atoms with Gasteiger partial charge in [-0.25, -0.2) is 15.0 Å². The van der Waals surface area contributed by atoms with Crippen LogP contribution in [0, 0.1) is 0 Å². The van der Waals surface area contributed by atoms with Gasteiger partial charge >= 0.3 is 0 Å². The van der Waals surface area contributed by atoms with Crippen molar-refractivity contribution in [2.75, 3.05) is 0 Å². The van der Waals surface area contributed by atoms with Gasteiger partial charge in [-0.2, -0.15) is 0 Å². The minimum Gasteiger partial charge on any atom is -0.456 e. The van der Waals surface area contributed by atoms with E-state index in [4.69, 9.17) is 19.4 Å². The highest BCUT2D eigenvalue weighted by molar-refractivity contribution is 6.18. The summed E-state index contributed by atoms with van der Waals surface area (Å²) in [6.45, 7) is 0. The van der Waals surface area contributed by atoms with Crippen LogP contribution in [-0.2, 0) is 0 Å². The van der Waals surface area contributed by atoms with E-state index in [1.165, 1.54) is 26.9 Å². The molecule has 0 aliphatic rings. The highest BCUT2D eigenvalue weighted by Gasteiger charge is 2.22. The predicted octanol–water partition coefficient (Wildman–Crippen LogP) is 11.9. The number of aromatic nitrogens is 3. The van der Waals surface area contributed by atoms with Crippen LogP contribution < -0.4 is 0 Å². The molecule has 2 aromatic heterocycles. The van der Waals surface area contributed by atoms with Crippen molar-refractivity contribution in [3.05, 3.63) is 164 Å². The Morgan fingerprint density at radius 2 is 0.939 bits per heavy atom. The van der Waals surface area contributed by atoms with Crippen molar-refractivity contribution in [3.8, 4) is 45.3 Å². The summed E-state index contributed by atoms with van der Waals surface area (Å²) in [6.07, 6.45) is 0. The first-order chi connectivity index (χ1) is 24.3. The zero-order chi connectivity index (χ0) is 32.3. The van der Waals surface area contributed by atoms with Gasteiger partial charge in [0, 0.05) is 27.5 Å². The molecule has 228 valence electrons. The second kappa shape index (κ2) is 11.0. The fraction of sp³-hybridized carbons (Fsp3) is 0. The zero-order valence-electron chi connectivity index (χ0n) is 26.3. The van der Waals surface area contributed by atoms with Crippen LogP contribution >= 0.6 is 0 Å². The lowest BCUT2D eigenvalue weighted by Crippen LogP contribution is -2.01. The topological polar surface area (TPSA) is 51.8 Å². The van der Waals surface area contributed by atoms with Gasteiger partial charge in [-0.1, -0.05) is 140 Å². The van der Waals surface area contributed by atoms with E-state index in [1.807, 2.05) is 54.6 Å². The van der Waals surface area contributed by atoms with Gasteiger partial charge in [-0.3, -0.25) is 0 Å². The quantitative estimate of drug-likeness (QED) is 0.183. The summed E-state index contributed by atoms with van der Waals surface area (Å²) in [7, 11) is 0. The lowest BCUT2D eigenvalue weighted by molar-refractivity contribution is 0.669. The fourth-order valence-electron chi connectivity index (χ4n) is 7.21. The standard InChI is InChI=1S/C45H27N3O/c1-3-11-28(12-4-1)35-25-26-40-41(38-17-9-10-18-39(38)49-40)42(35)45-47-43(30-14-5-2-6-15-30)46-44(48-45)32-21-22-34-31(27-32)20-24-36-33-16-8-7-13-29(33)19-23-37(34)36/h1-27H. The normalized spacial score (nSPS) is 11.7. The van der Waals surface area contributed by atoms with E-state index >= 15 is 0 Å². The Morgan fingerprint density at radius 3 is 1.73 bits per heavy atom. The van der Waals surface area contributed by atoms with Crippen LogP contribution in [0.2, 0.25) is 0 Å². The molecule has 10 rings (SSSR count). The molecule has 0 N–H and O–H groups in total. The Labute approximate surface area is 282 Å². The van der Waals surface area contributed by atoms with Gasteiger partial charge in [-0.15, -0.1) is 0 Å². The average Bonchev–Trinajstić information content (AvgIpc) is 3.56. The molecule has 0 aliphatic heterocycles. The second-order valence-corrected chi connectivity index (χ2v) is 12.4. The predicted molar refractivity (Wildman–Crippen MR) is 201 cm³/mol. The molecule has 2 heterocycles. The highest BCUT2D eigenvalue weighted by Crippen LogP contribution is 2.42. The van der Waals surface area contributed by atoms with Crippen LogP contribution in [0.15, 0.2) is 168 Å². The maximum Gasteiger partial charge on any atom is 0.165 e. The highest BCUT2D eigenvalue weighted by atomic mass is 16.3. The molecule has 0 unspecified atom stereocenters. The zero-order valence-corrected chi connectivity index (χ0v) is 26.3. The summed E-state index contributed by atoms with van der Waals surface area (Å²) in [5, 5.41) is 9.34. The number of nitrogens with zero attached hydrogens (tertiary/aromatic N) is 3. The summed E-state index contributed by atoms with van der Waals surface area (Å²) in [6, 6.07) is 56.9. The largest absolute Gasteiger partial charge is 0.456 e. The molecule has 4 nitrogen and oxygen atoms in total. The van der Waals surface area contributed by atoms with Crippen molar-refractivity contribution in [2.24, 2.45) is 0 Å². The third kappa shape index (κ3) is 4.49. The maximum atomic E-state index is 6.37. The van der Waals surface area contributed by atoms with E-state index in [9.17, 15) is 0 Å². The van der Waals surface area contributed by atoms with Gasteiger partial charge < -0.3 is 4.42 Å². The van der Waals surface area contributed by atoms with Crippen LogP contribution in [-0.4, -0.2) is 15.0 Å². The number of fused-ring (bicyclic) bond motifs is 8. The van der Waals surface area contributed by atoms with Crippen molar-refractivity contribution < 1.29 is 4.42 Å². The van der Waals surface area contributed by atoms with Crippen molar-refractivity contribution >= 4 is 54.3 Å². The number of rotatable bonds is 4. The Bertz CT molecular complexity index is 2880. The van der Waals surface area contributed by atoms with Crippen molar-refractivity contribution in [2.45, 2.75) is 0 Å². The molecule has 0 fully saturated rings. The Morgan fingerprint density at radius 1 is 0.347 bits per heavy atom. The molecule has 0 amide bonds. The van der Waals surface area contributed by atoms with Crippen LogP contribution in [0.25, 0.3) is 99.5 Å². The molecule has 0 spiro atoms. The molecular weight excluding hydrogens is 599 g/mol. The van der Waals surface area contributed by atoms with Crippen molar-refractivity contribution in [1.82, 2.24) is 15.0 Å². The van der Waals surface area contributed by atoms with Gasteiger partial charge in [0.2, 0.25) is 0 Å². The van der Waals surface area contributed by atoms with E-state index in [-0.39, 0.29) is 0 Å². The number of furan rings is 1. The molecule has 0 saturated carbocycles. The molecule has 8 aromatic carbocycles. The minimum absolute atomic E-state index is 0.602. The third-order valence-corrected chi connectivity index (χ3v) is 9.52. The Balaban J connectivity index is 1.24. The van der Waals surface area contributed by atoms with E-state index in [1.54, 1.807) is 0 Å². The van der Waals surface area contributed by atoms with Gasteiger partial charge in [0.05, 0.1) is 0 Å². The first kappa shape index (κ1) is 27.5. The maximum absolute atomic E-state index is 6.37. The average molecular weight is 626 g/mol. The van der Waals surface area contributed by atoms with Gasteiger partial charge in [0.25, 0.3) is 0 Å². The third-order valence-electron chi connectivity index (χ3n) is 9.52. The number of benzene rings is 8. The van der Waals surface area contributed by atoms with Crippen LogP contribution in [0.4, 0.5) is 0 Å². The molecule has 10 aromatic rings. The van der Waals surface area contributed by atoms with E-state index in [0.29, 0.717) is 17.5 Å². The SMILES string of the molecule is c1ccc(-c2nc(-c3ccc4c(ccc5c6ccccc6ccc45)c3)nc(-c3c(-c4ccccc4)ccc4oc5ccccc5c34)n2)cc1. The number of para-hydroxylation sites is 1. The monoisotopic (exact) mass is 625 g/mol. The molecular formula is C45H27N3O. The first-order valence-corrected chi connectivity index (χ1v) is 16.4. The van der Waals surface area contributed by atoms with Gasteiger partial charge in [0.15, 0.2) is 17.5 Å². The number of hydrogen-bond acceptors (Lipinski definition) is 4. The lowest BCUT2D eigenvalue weighted by Gasteiger charge is -2.14. The van der Waals surface area contributed by atoms with Crippen LogP contribution in [0.1, 0.15) is 0 Å². The molecule has 0 aliphatic carbocycles. The summed E-state index contributed by atoms with van der Waals surface area (Å²) in [5.41, 5.74) is 6.52. The van der Waals surface area contributed by atoms with Gasteiger partial charge in [0.1, 0.15) is 11.2 Å². The first-order valence-electron chi connectivity index (χ1n) is 16.4. The number of hydrogen-bond donors (Lipinski definition) is 0. The summed E-state index contributed by atoms with van der Waals surface area (Å²) < 4.78 is 6.37. The molecule has 4 heteroatoms. The molecule has 0 bridgehead atoms. The van der Waals surface area contributed by atoms with Crippen LogP contribution in [0.5, 0.6) is 0 Å². The Hall–Kier alpha value is -6.65.